The van der Waals surface area contributed by atoms with E-state index in [1.54, 1.807) is 6.07 Å². The SMILES string of the molecule is Cc1c(C(=O)OC(C)(C)C)ccn1-c1ccccc1. The number of hydrogen-bond acceptors (Lipinski definition) is 2. The zero-order valence-corrected chi connectivity index (χ0v) is 11.8. The van der Waals surface area contributed by atoms with E-state index < -0.39 is 5.60 Å². The molecule has 2 rings (SSSR count). The summed E-state index contributed by atoms with van der Waals surface area (Å²) in [6.07, 6.45) is 1.89. The fraction of sp³-hybridized carbons (Fsp3) is 0.312. The third kappa shape index (κ3) is 3.05. The number of hydrogen-bond donors (Lipinski definition) is 0. The van der Waals surface area contributed by atoms with Gasteiger partial charge in [0, 0.05) is 17.6 Å². The predicted octanol–water partition coefficient (Wildman–Crippen LogP) is 3.74. The maximum absolute atomic E-state index is 12.1. The topological polar surface area (TPSA) is 31.2 Å². The predicted molar refractivity (Wildman–Crippen MR) is 75.7 cm³/mol. The summed E-state index contributed by atoms with van der Waals surface area (Å²) in [4.78, 5) is 12.1. The van der Waals surface area contributed by atoms with Crippen molar-refractivity contribution < 1.29 is 9.53 Å². The molecule has 1 aromatic heterocycles. The van der Waals surface area contributed by atoms with Crippen molar-refractivity contribution in [2.24, 2.45) is 0 Å². The molecule has 100 valence electrons. The highest BCUT2D eigenvalue weighted by molar-refractivity contribution is 5.91. The molecule has 1 aromatic carbocycles. The minimum absolute atomic E-state index is 0.278. The Morgan fingerprint density at radius 3 is 2.32 bits per heavy atom. The van der Waals surface area contributed by atoms with Crippen LogP contribution in [0, 0.1) is 6.92 Å². The highest BCUT2D eigenvalue weighted by Gasteiger charge is 2.21. The molecular formula is C16H19NO2. The first-order chi connectivity index (χ1) is 8.88. The monoisotopic (exact) mass is 257 g/mol. The molecule has 0 bridgehead atoms. The molecule has 0 amide bonds. The van der Waals surface area contributed by atoms with Crippen LogP contribution in [0.5, 0.6) is 0 Å². The summed E-state index contributed by atoms with van der Waals surface area (Å²) in [5.41, 5.74) is 2.06. The lowest BCUT2D eigenvalue weighted by Crippen LogP contribution is -2.24. The first-order valence-corrected chi connectivity index (χ1v) is 6.35. The Morgan fingerprint density at radius 2 is 1.74 bits per heavy atom. The van der Waals surface area contributed by atoms with E-state index in [2.05, 4.69) is 0 Å². The Hall–Kier alpha value is -2.03. The van der Waals surface area contributed by atoms with Gasteiger partial charge < -0.3 is 9.30 Å². The van der Waals surface area contributed by atoms with Crippen molar-refractivity contribution in [3.8, 4) is 5.69 Å². The van der Waals surface area contributed by atoms with Crippen LogP contribution in [-0.4, -0.2) is 16.1 Å². The van der Waals surface area contributed by atoms with Gasteiger partial charge in [0.05, 0.1) is 5.56 Å². The molecule has 0 spiro atoms. The van der Waals surface area contributed by atoms with E-state index in [1.807, 2.05) is 68.8 Å². The first kappa shape index (κ1) is 13.4. The fourth-order valence-corrected chi connectivity index (χ4v) is 1.93. The largest absolute Gasteiger partial charge is 0.456 e. The van der Waals surface area contributed by atoms with Gasteiger partial charge in [-0.2, -0.15) is 0 Å². The number of rotatable bonds is 2. The van der Waals surface area contributed by atoms with E-state index in [0.29, 0.717) is 5.56 Å². The first-order valence-electron chi connectivity index (χ1n) is 6.35. The molecule has 0 atom stereocenters. The quantitative estimate of drug-likeness (QED) is 0.767. The van der Waals surface area contributed by atoms with Crippen LogP contribution in [0.4, 0.5) is 0 Å². The highest BCUT2D eigenvalue weighted by atomic mass is 16.6. The van der Waals surface area contributed by atoms with Crippen molar-refractivity contribution >= 4 is 5.97 Å². The molecule has 1 heterocycles. The molecule has 0 aliphatic rings. The van der Waals surface area contributed by atoms with Gasteiger partial charge in [-0.25, -0.2) is 4.79 Å². The zero-order chi connectivity index (χ0) is 14.0. The number of carbonyl (C=O) groups excluding carboxylic acids is 1. The second-order valence-electron chi connectivity index (χ2n) is 5.52. The Bertz CT molecular complexity index is 577. The van der Waals surface area contributed by atoms with Crippen LogP contribution in [0.3, 0.4) is 0 Å². The maximum atomic E-state index is 12.1. The summed E-state index contributed by atoms with van der Waals surface area (Å²) in [6.45, 7) is 7.53. The summed E-state index contributed by atoms with van der Waals surface area (Å²) in [7, 11) is 0. The second-order valence-corrected chi connectivity index (χ2v) is 5.52. The van der Waals surface area contributed by atoms with Gasteiger partial charge in [-0.1, -0.05) is 18.2 Å². The molecule has 19 heavy (non-hydrogen) atoms. The third-order valence-corrected chi connectivity index (χ3v) is 2.79. The van der Waals surface area contributed by atoms with Gasteiger partial charge in [0.25, 0.3) is 0 Å². The van der Waals surface area contributed by atoms with Gasteiger partial charge in [0.15, 0.2) is 0 Å². The Morgan fingerprint density at radius 1 is 1.11 bits per heavy atom. The normalized spacial score (nSPS) is 11.4. The lowest BCUT2D eigenvalue weighted by atomic mass is 10.2. The average Bonchev–Trinajstić information content (AvgIpc) is 2.70. The van der Waals surface area contributed by atoms with Crippen LogP contribution in [0.25, 0.3) is 5.69 Å². The van der Waals surface area contributed by atoms with Crippen molar-refractivity contribution in [3.05, 3.63) is 53.9 Å². The van der Waals surface area contributed by atoms with Gasteiger partial charge in [-0.05, 0) is 45.9 Å². The minimum atomic E-state index is -0.474. The maximum Gasteiger partial charge on any atom is 0.340 e. The molecule has 2 aromatic rings. The number of nitrogens with zero attached hydrogens (tertiary/aromatic N) is 1. The van der Waals surface area contributed by atoms with Crippen LogP contribution in [-0.2, 0) is 4.74 Å². The number of ether oxygens (including phenoxy) is 1. The van der Waals surface area contributed by atoms with E-state index >= 15 is 0 Å². The van der Waals surface area contributed by atoms with Crippen molar-refractivity contribution in [3.63, 3.8) is 0 Å². The van der Waals surface area contributed by atoms with E-state index in [-0.39, 0.29) is 5.97 Å². The van der Waals surface area contributed by atoms with E-state index in [4.69, 9.17) is 4.74 Å². The average molecular weight is 257 g/mol. The van der Waals surface area contributed by atoms with Gasteiger partial charge in [-0.3, -0.25) is 0 Å². The fourth-order valence-electron chi connectivity index (χ4n) is 1.93. The van der Waals surface area contributed by atoms with Crippen molar-refractivity contribution in [2.75, 3.05) is 0 Å². The summed E-state index contributed by atoms with van der Waals surface area (Å²) < 4.78 is 7.39. The molecule has 3 nitrogen and oxygen atoms in total. The minimum Gasteiger partial charge on any atom is -0.456 e. The second kappa shape index (κ2) is 4.92. The van der Waals surface area contributed by atoms with Crippen molar-refractivity contribution in [2.45, 2.75) is 33.3 Å². The van der Waals surface area contributed by atoms with E-state index in [0.717, 1.165) is 11.4 Å². The standard InChI is InChI=1S/C16H19NO2/c1-12-14(15(18)19-16(2,3)4)10-11-17(12)13-8-6-5-7-9-13/h5-11H,1-4H3. The van der Waals surface area contributed by atoms with Gasteiger partial charge in [-0.15, -0.1) is 0 Å². The van der Waals surface area contributed by atoms with E-state index in [1.165, 1.54) is 0 Å². The Labute approximate surface area is 113 Å². The van der Waals surface area contributed by atoms with Crippen molar-refractivity contribution in [1.82, 2.24) is 4.57 Å². The van der Waals surface area contributed by atoms with Crippen LogP contribution in [0.15, 0.2) is 42.6 Å². The molecule has 0 saturated heterocycles. The van der Waals surface area contributed by atoms with Crippen LogP contribution >= 0.6 is 0 Å². The van der Waals surface area contributed by atoms with Crippen LogP contribution < -0.4 is 0 Å². The van der Waals surface area contributed by atoms with E-state index in [9.17, 15) is 4.79 Å². The Kier molecular flexibility index (Phi) is 3.47. The number of aromatic nitrogens is 1. The Balaban J connectivity index is 2.31. The summed E-state index contributed by atoms with van der Waals surface area (Å²) in [6, 6.07) is 11.7. The summed E-state index contributed by atoms with van der Waals surface area (Å²) in [5.74, 6) is -0.278. The molecule has 0 unspecified atom stereocenters. The number of carbonyl (C=O) groups is 1. The third-order valence-electron chi connectivity index (χ3n) is 2.79. The summed E-state index contributed by atoms with van der Waals surface area (Å²) >= 11 is 0. The van der Waals surface area contributed by atoms with Gasteiger partial charge in [0.2, 0.25) is 0 Å². The smallest absolute Gasteiger partial charge is 0.340 e. The van der Waals surface area contributed by atoms with Crippen molar-refractivity contribution in [1.29, 1.82) is 0 Å². The van der Waals surface area contributed by atoms with Gasteiger partial charge in [0.1, 0.15) is 5.60 Å². The molecule has 3 heteroatoms. The lowest BCUT2D eigenvalue weighted by molar-refractivity contribution is 0.00688. The molecule has 0 fully saturated rings. The lowest BCUT2D eigenvalue weighted by Gasteiger charge is -2.19. The number of para-hydroxylation sites is 1. The molecule has 0 radical (unpaired) electrons. The van der Waals surface area contributed by atoms with Gasteiger partial charge >= 0.3 is 5.97 Å². The van der Waals surface area contributed by atoms with Crippen LogP contribution in [0.2, 0.25) is 0 Å². The molecule has 0 aliphatic heterocycles. The summed E-state index contributed by atoms with van der Waals surface area (Å²) in [5, 5.41) is 0. The number of esters is 1. The number of benzene rings is 1. The highest BCUT2D eigenvalue weighted by Crippen LogP contribution is 2.19. The molecular weight excluding hydrogens is 238 g/mol. The molecule has 0 N–H and O–H groups in total. The molecule has 0 aliphatic carbocycles. The van der Waals surface area contributed by atoms with Crippen LogP contribution in [0.1, 0.15) is 36.8 Å². The molecule has 0 saturated carbocycles. The zero-order valence-electron chi connectivity index (χ0n) is 11.8.